The molecule has 0 saturated carbocycles. The maximum atomic E-state index is 12.7. The van der Waals surface area contributed by atoms with Gasteiger partial charge in [0.05, 0.1) is 11.4 Å². The van der Waals surface area contributed by atoms with Crippen LogP contribution in [0.2, 0.25) is 5.02 Å². The van der Waals surface area contributed by atoms with Gasteiger partial charge >= 0.3 is 6.36 Å². The number of alkyl halides is 3. The Morgan fingerprint density at radius 3 is 2.35 bits per heavy atom. The molecule has 0 bridgehead atoms. The molecule has 5 nitrogen and oxygen atoms in total. The Hall–Kier alpha value is -3.30. The van der Waals surface area contributed by atoms with E-state index in [-0.39, 0.29) is 16.3 Å². The smallest absolute Gasteiger partial charge is 0.406 e. The molecule has 3 N–H and O–H groups in total. The number of anilines is 2. The van der Waals surface area contributed by atoms with Crippen LogP contribution in [0, 0.1) is 0 Å². The van der Waals surface area contributed by atoms with Crippen molar-refractivity contribution in [3.05, 3.63) is 70.6 Å². The van der Waals surface area contributed by atoms with E-state index in [0.717, 1.165) is 29.0 Å². The maximum absolute atomic E-state index is 12.7. The van der Waals surface area contributed by atoms with Crippen LogP contribution in [0.25, 0.3) is 21.5 Å². The first kappa shape index (κ1) is 21.0. The number of nitrogens with two attached hydrogens (primary N) is 1. The maximum Gasteiger partial charge on any atom is 0.573 e. The van der Waals surface area contributed by atoms with Crippen molar-refractivity contribution in [2.75, 3.05) is 11.1 Å². The van der Waals surface area contributed by atoms with Crippen LogP contribution in [-0.2, 0) is 0 Å². The molecule has 0 unspecified atom stereocenters. The van der Waals surface area contributed by atoms with Crippen molar-refractivity contribution in [1.29, 1.82) is 0 Å². The summed E-state index contributed by atoms with van der Waals surface area (Å²) in [5, 5.41) is 3.87. The van der Waals surface area contributed by atoms with Crippen LogP contribution >= 0.6 is 22.9 Å². The molecule has 2 heterocycles. The van der Waals surface area contributed by atoms with Crippen molar-refractivity contribution in [2.24, 2.45) is 0 Å². The fraction of sp³-hybridized carbons (Fsp3) is 0.0476. The molecule has 2 aromatic carbocycles. The van der Waals surface area contributed by atoms with E-state index in [1.807, 2.05) is 12.1 Å². The average Bonchev–Trinajstić information content (AvgIpc) is 3.05. The van der Waals surface area contributed by atoms with Gasteiger partial charge in [-0.3, -0.25) is 4.79 Å². The number of carbonyl (C=O) groups excluding carboxylic acids is 1. The first-order chi connectivity index (χ1) is 14.7. The van der Waals surface area contributed by atoms with E-state index in [4.69, 9.17) is 17.3 Å². The summed E-state index contributed by atoms with van der Waals surface area (Å²) in [4.78, 5) is 18.1. The highest BCUT2D eigenvalue weighted by molar-refractivity contribution is 7.21. The highest BCUT2D eigenvalue weighted by Gasteiger charge is 2.31. The summed E-state index contributed by atoms with van der Waals surface area (Å²) < 4.78 is 40.6. The molecular weight excluding hydrogens is 451 g/mol. The molecule has 0 spiro atoms. The quantitative estimate of drug-likeness (QED) is 0.369. The van der Waals surface area contributed by atoms with Gasteiger partial charge in [0.25, 0.3) is 5.91 Å². The first-order valence-corrected chi connectivity index (χ1v) is 10.0. The van der Waals surface area contributed by atoms with Crippen molar-refractivity contribution in [3.8, 4) is 17.0 Å². The number of ether oxygens (including phenoxy) is 1. The zero-order valence-corrected chi connectivity index (χ0v) is 17.1. The number of nitrogens with one attached hydrogen (secondary N) is 1. The molecule has 0 aliphatic rings. The Morgan fingerprint density at radius 1 is 1.03 bits per heavy atom. The van der Waals surface area contributed by atoms with Crippen LogP contribution in [0.3, 0.4) is 0 Å². The van der Waals surface area contributed by atoms with Gasteiger partial charge in [0.1, 0.15) is 15.5 Å². The normalized spacial score (nSPS) is 11.5. The highest BCUT2D eigenvalue weighted by atomic mass is 35.5. The number of nitrogens with zero attached hydrogens (tertiary/aromatic N) is 1. The van der Waals surface area contributed by atoms with Gasteiger partial charge < -0.3 is 15.8 Å². The van der Waals surface area contributed by atoms with E-state index >= 15 is 0 Å². The van der Waals surface area contributed by atoms with Crippen molar-refractivity contribution < 1.29 is 22.7 Å². The minimum Gasteiger partial charge on any atom is -0.406 e. The second-order valence-corrected chi connectivity index (χ2v) is 7.86. The van der Waals surface area contributed by atoms with Crippen LogP contribution in [-0.4, -0.2) is 17.3 Å². The Balaban J connectivity index is 1.56. The third-order valence-corrected chi connectivity index (χ3v) is 5.65. The molecule has 0 radical (unpaired) electrons. The fourth-order valence-corrected chi connectivity index (χ4v) is 3.99. The Labute approximate surface area is 183 Å². The molecule has 4 aromatic rings. The number of hydrogen-bond acceptors (Lipinski definition) is 5. The second-order valence-electron chi connectivity index (χ2n) is 6.43. The summed E-state index contributed by atoms with van der Waals surface area (Å²) in [7, 11) is 0. The molecule has 0 aliphatic carbocycles. The standard InChI is InChI=1S/C21H13ClF3N3O2S/c22-12-3-1-11(2-4-12)16-10-9-15-17(26)18(31-20(15)28-16)19(29)27-13-5-7-14(8-6-13)30-21(23,24)25/h1-10H,26H2,(H,27,29). The zero-order valence-electron chi connectivity index (χ0n) is 15.5. The van der Waals surface area contributed by atoms with Crippen molar-refractivity contribution >= 4 is 50.4 Å². The van der Waals surface area contributed by atoms with Crippen molar-refractivity contribution in [1.82, 2.24) is 4.98 Å². The molecular formula is C21H13ClF3N3O2S. The summed E-state index contributed by atoms with van der Waals surface area (Å²) in [6, 6.07) is 15.6. The molecule has 31 heavy (non-hydrogen) atoms. The topological polar surface area (TPSA) is 77.2 Å². The number of fused-ring (bicyclic) bond motifs is 1. The van der Waals surface area contributed by atoms with E-state index < -0.39 is 12.3 Å². The summed E-state index contributed by atoms with van der Waals surface area (Å²) in [6.45, 7) is 0. The average molecular weight is 464 g/mol. The van der Waals surface area contributed by atoms with Crippen LogP contribution in [0.15, 0.2) is 60.7 Å². The Kier molecular flexibility index (Phi) is 5.47. The van der Waals surface area contributed by atoms with Gasteiger partial charge in [-0.15, -0.1) is 24.5 Å². The SMILES string of the molecule is Nc1c(C(=O)Nc2ccc(OC(F)(F)F)cc2)sc2nc(-c3ccc(Cl)cc3)ccc12. The Morgan fingerprint density at radius 2 is 1.71 bits per heavy atom. The number of hydrogen-bond donors (Lipinski definition) is 2. The van der Waals surface area contributed by atoms with Gasteiger partial charge in [0, 0.05) is 21.7 Å². The molecule has 2 aromatic heterocycles. The second kappa shape index (κ2) is 8.09. The molecule has 0 atom stereocenters. The van der Waals surface area contributed by atoms with Gasteiger partial charge in [-0.05, 0) is 48.5 Å². The fourth-order valence-electron chi connectivity index (χ4n) is 2.88. The number of amides is 1. The third-order valence-electron chi connectivity index (χ3n) is 4.29. The van der Waals surface area contributed by atoms with Gasteiger partial charge in [0.2, 0.25) is 0 Å². The number of carbonyl (C=O) groups is 1. The van der Waals surface area contributed by atoms with Crippen LogP contribution in [0.1, 0.15) is 9.67 Å². The zero-order chi connectivity index (χ0) is 22.2. The molecule has 4 rings (SSSR count). The predicted octanol–water partition coefficient (Wildman–Crippen LogP) is 6.35. The van der Waals surface area contributed by atoms with Crippen molar-refractivity contribution in [2.45, 2.75) is 6.36 Å². The lowest BCUT2D eigenvalue weighted by Gasteiger charge is -2.09. The summed E-state index contributed by atoms with van der Waals surface area (Å²) in [5.41, 5.74) is 8.29. The lowest BCUT2D eigenvalue weighted by molar-refractivity contribution is -0.274. The summed E-state index contributed by atoms with van der Waals surface area (Å²) in [6.07, 6.45) is -4.78. The van der Waals surface area contributed by atoms with E-state index in [0.29, 0.717) is 26.6 Å². The van der Waals surface area contributed by atoms with Gasteiger partial charge in [0.15, 0.2) is 0 Å². The number of aromatic nitrogens is 1. The van der Waals surface area contributed by atoms with E-state index in [1.165, 1.54) is 12.1 Å². The third kappa shape index (κ3) is 4.73. The van der Waals surface area contributed by atoms with Gasteiger partial charge in [-0.2, -0.15) is 0 Å². The van der Waals surface area contributed by atoms with Crippen LogP contribution in [0.5, 0.6) is 5.75 Å². The number of thiophene rings is 1. The molecule has 0 saturated heterocycles. The predicted molar refractivity (Wildman–Crippen MR) is 116 cm³/mol. The lowest BCUT2D eigenvalue weighted by Crippen LogP contribution is -2.17. The van der Waals surface area contributed by atoms with Crippen molar-refractivity contribution in [3.63, 3.8) is 0 Å². The number of pyridine rings is 1. The summed E-state index contributed by atoms with van der Waals surface area (Å²) in [5.74, 6) is -0.871. The first-order valence-electron chi connectivity index (χ1n) is 8.82. The monoisotopic (exact) mass is 463 g/mol. The van der Waals surface area contributed by atoms with E-state index in [9.17, 15) is 18.0 Å². The molecule has 10 heteroatoms. The summed E-state index contributed by atoms with van der Waals surface area (Å²) >= 11 is 7.05. The highest BCUT2D eigenvalue weighted by Crippen LogP contribution is 2.35. The molecule has 0 aliphatic heterocycles. The van der Waals surface area contributed by atoms with Crippen LogP contribution < -0.4 is 15.8 Å². The Bertz CT molecular complexity index is 1260. The largest absolute Gasteiger partial charge is 0.573 e. The van der Waals surface area contributed by atoms with Crippen LogP contribution in [0.4, 0.5) is 24.5 Å². The minimum atomic E-state index is -4.78. The molecule has 0 fully saturated rings. The molecule has 1 amide bonds. The minimum absolute atomic E-state index is 0.256. The number of nitrogen functional groups attached to an aromatic ring is 1. The van der Waals surface area contributed by atoms with E-state index in [1.54, 1.807) is 24.3 Å². The number of rotatable bonds is 4. The number of benzene rings is 2. The van der Waals surface area contributed by atoms with Gasteiger partial charge in [-0.25, -0.2) is 4.98 Å². The molecule has 158 valence electrons. The lowest BCUT2D eigenvalue weighted by atomic mass is 10.1. The van der Waals surface area contributed by atoms with E-state index in [2.05, 4.69) is 15.0 Å². The number of halogens is 4. The van der Waals surface area contributed by atoms with Gasteiger partial charge in [-0.1, -0.05) is 23.7 Å².